The lowest BCUT2D eigenvalue weighted by molar-refractivity contribution is 0.247. The van der Waals surface area contributed by atoms with Crippen LogP contribution in [0.2, 0.25) is 5.02 Å². The Hall–Kier alpha value is -3.62. The smallest absolute Gasteiger partial charge is 0.251 e. The minimum atomic E-state index is -0.657. The van der Waals surface area contributed by atoms with Gasteiger partial charge in [0.1, 0.15) is 5.69 Å². The summed E-state index contributed by atoms with van der Waals surface area (Å²) in [5, 5.41) is 13.4. The van der Waals surface area contributed by atoms with Crippen molar-refractivity contribution in [1.82, 2.24) is 19.5 Å². The maximum Gasteiger partial charge on any atom is 0.251 e. The van der Waals surface area contributed by atoms with Crippen molar-refractivity contribution >= 4 is 23.2 Å². The van der Waals surface area contributed by atoms with Crippen molar-refractivity contribution in [2.24, 2.45) is 0 Å². The third-order valence-corrected chi connectivity index (χ3v) is 5.13. The summed E-state index contributed by atoms with van der Waals surface area (Å²) in [6, 6.07) is 12.7. The van der Waals surface area contributed by atoms with Crippen molar-refractivity contribution < 1.29 is 9.50 Å². The monoisotopic (exact) mass is 451 g/mol. The van der Waals surface area contributed by atoms with E-state index in [9.17, 15) is 14.3 Å². The van der Waals surface area contributed by atoms with Gasteiger partial charge in [-0.05, 0) is 42.8 Å². The van der Waals surface area contributed by atoms with Crippen molar-refractivity contribution in [2.75, 3.05) is 11.9 Å². The van der Waals surface area contributed by atoms with E-state index in [1.165, 1.54) is 16.8 Å². The van der Waals surface area contributed by atoms with E-state index in [4.69, 9.17) is 11.6 Å². The highest BCUT2D eigenvalue weighted by molar-refractivity contribution is 6.30. The van der Waals surface area contributed by atoms with Crippen molar-refractivity contribution in [3.63, 3.8) is 0 Å². The van der Waals surface area contributed by atoms with Crippen LogP contribution in [0.15, 0.2) is 71.9 Å². The average Bonchev–Trinajstić information content (AvgIpc) is 2.78. The molecule has 4 aromatic rings. The van der Waals surface area contributed by atoms with Gasteiger partial charge in [0.2, 0.25) is 5.95 Å². The van der Waals surface area contributed by atoms with Gasteiger partial charge in [0.05, 0.1) is 18.8 Å². The van der Waals surface area contributed by atoms with E-state index in [-0.39, 0.29) is 18.2 Å². The van der Waals surface area contributed by atoms with Crippen LogP contribution < -0.4 is 10.9 Å². The standard InChI is InChI=1S/C23H19ClFN5O2/c1-14-10-18(6-8-26-14)28-23-27-12-19(25)22(29-23)16-7-9-30(21(32)11-16)20(13-31)15-2-4-17(24)5-3-15/h2-12,20,31H,13H2,1H3,(H,26,27,28,29)/t20-/m1/s1. The molecule has 4 rings (SSSR count). The molecule has 162 valence electrons. The average molecular weight is 452 g/mol. The second kappa shape index (κ2) is 9.25. The number of halogens is 2. The Kier molecular flexibility index (Phi) is 6.25. The zero-order valence-electron chi connectivity index (χ0n) is 17.0. The first-order chi connectivity index (χ1) is 15.4. The van der Waals surface area contributed by atoms with Crippen LogP contribution in [0.3, 0.4) is 0 Å². The summed E-state index contributed by atoms with van der Waals surface area (Å²) in [6.45, 7) is 1.56. The van der Waals surface area contributed by atoms with Crippen LogP contribution in [0, 0.1) is 12.7 Å². The lowest BCUT2D eigenvalue weighted by Crippen LogP contribution is -2.26. The molecule has 3 aromatic heterocycles. The third kappa shape index (κ3) is 4.66. The predicted molar refractivity (Wildman–Crippen MR) is 121 cm³/mol. The van der Waals surface area contributed by atoms with Gasteiger partial charge in [-0.25, -0.2) is 14.4 Å². The molecule has 0 aliphatic rings. The summed E-state index contributed by atoms with van der Waals surface area (Å²) in [5.74, 6) is -0.472. The molecule has 32 heavy (non-hydrogen) atoms. The number of anilines is 2. The van der Waals surface area contributed by atoms with Crippen molar-refractivity contribution in [2.45, 2.75) is 13.0 Å². The number of aliphatic hydroxyl groups excluding tert-OH is 1. The summed E-state index contributed by atoms with van der Waals surface area (Å²) in [5.41, 5.74) is 2.12. The zero-order valence-corrected chi connectivity index (χ0v) is 17.8. The normalized spacial score (nSPS) is 11.9. The fourth-order valence-corrected chi connectivity index (χ4v) is 3.44. The second-order valence-corrected chi connectivity index (χ2v) is 7.55. The maximum atomic E-state index is 14.5. The highest BCUT2D eigenvalue weighted by Crippen LogP contribution is 2.23. The van der Waals surface area contributed by atoms with Crippen LogP contribution in [0.5, 0.6) is 0 Å². The fraction of sp³-hybridized carbons (Fsp3) is 0.130. The van der Waals surface area contributed by atoms with Gasteiger partial charge >= 0.3 is 0 Å². The SMILES string of the molecule is Cc1cc(Nc2ncc(F)c(-c3ccn([C@H](CO)c4ccc(Cl)cc4)c(=O)c3)n2)ccn1. The summed E-state index contributed by atoms with van der Waals surface area (Å²) >= 11 is 5.92. The van der Waals surface area contributed by atoms with E-state index in [2.05, 4.69) is 20.3 Å². The summed E-state index contributed by atoms with van der Waals surface area (Å²) in [6.07, 6.45) is 4.20. The van der Waals surface area contributed by atoms with Crippen molar-refractivity contribution in [1.29, 1.82) is 0 Å². The van der Waals surface area contributed by atoms with Gasteiger partial charge in [0.25, 0.3) is 5.56 Å². The van der Waals surface area contributed by atoms with E-state index in [1.807, 2.05) is 6.92 Å². The molecule has 3 heterocycles. The largest absolute Gasteiger partial charge is 0.394 e. The maximum absolute atomic E-state index is 14.5. The number of aryl methyl sites for hydroxylation is 1. The number of aromatic nitrogens is 4. The molecule has 7 nitrogen and oxygen atoms in total. The molecule has 1 aromatic carbocycles. The highest BCUT2D eigenvalue weighted by Gasteiger charge is 2.16. The molecule has 0 aliphatic heterocycles. The number of hydrogen-bond acceptors (Lipinski definition) is 6. The van der Waals surface area contributed by atoms with E-state index in [1.54, 1.807) is 48.7 Å². The van der Waals surface area contributed by atoms with Gasteiger partial charge in [0.15, 0.2) is 5.82 Å². The van der Waals surface area contributed by atoms with Gasteiger partial charge in [0, 0.05) is 40.4 Å². The number of nitrogens with one attached hydrogen (secondary N) is 1. The molecule has 0 saturated carbocycles. The van der Waals surface area contributed by atoms with E-state index < -0.39 is 17.4 Å². The van der Waals surface area contributed by atoms with Gasteiger partial charge in [-0.3, -0.25) is 9.78 Å². The first-order valence-electron chi connectivity index (χ1n) is 9.75. The van der Waals surface area contributed by atoms with Crippen LogP contribution in [0.1, 0.15) is 17.3 Å². The number of hydrogen-bond donors (Lipinski definition) is 2. The number of rotatable bonds is 6. The number of nitrogens with zero attached hydrogens (tertiary/aromatic N) is 4. The topological polar surface area (TPSA) is 92.9 Å². The van der Waals surface area contributed by atoms with Crippen molar-refractivity contribution in [3.05, 3.63) is 99.6 Å². The Morgan fingerprint density at radius 1 is 1.16 bits per heavy atom. The Morgan fingerprint density at radius 3 is 2.62 bits per heavy atom. The quantitative estimate of drug-likeness (QED) is 0.458. The van der Waals surface area contributed by atoms with E-state index in [0.29, 0.717) is 16.3 Å². The van der Waals surface area contributed by atoms with Crippen LogP contribution in [0.4, 0.5) is 16.0 Å². The molecular formula is C23H19ClFN5O2. The lowest BCUT2D eigenvalue weighted by Gasteiger charge is -2.18. The summed E-state index contributed by atoms with van der Waals surface area (Å²) < 4.78 is 15.9. The molecule has 0 amide bonds. The van der Waals surface area contributed by atoms with Crippen molar-refractivity contribution in [3.8, 4) is 11.3 Å². The Balaban J connectivity index is 1.66. The second-order valence-electron chi connectivity index (χ2n) is 7.11. The van der Waals surface area contributed by atoms with E-state index >= 15 is 0 Å². The predicted octanol–water partition coefficient (Wildman–Crippen LogP) is 4.13. The van der Waals surface area contributed by atoms with Gasteiger partial charge < -0.3 is 15.0 Å². The van der Waals surface area contributed by atoms with Crippen LogP contribution in [-0.2, 0) is 0 Å². The summed E-state index contributed by atoms with van der Waals surface area (Å²) in [4.78, 5) is 25.2. The van der Waals surface area contributed by atoms with Gasteiger partial charge in [-0.2, -0.15) is 0 Å². The molecule has 2 N–H and O–H groups in total. The van der Waals surface area contributed by atoms with Crippen LogP contribution in [0.25, 0.3) is 11.3 Å². The Bertz CT molecular complexity index is 1310. The Morgan fingerprint density at radius 2 is 1.94 bits per heavy atom. The number of benzene rings is 1. The molecule has 0 aliphatic carbocycles. The molecule has 9 heteroatoms. The molecule has 0 bridgehead atoms. The first-order valence-corrected chi connectivity index (χ1v) is 10.1. The van der Waals surface area contributed by atoms with Gasteiger partial charge in [-0.15, -0.1) is 0 Å². The van der Waals surface area contributed by atoms with Crippen LogP contribution >= 0.6 is 11.6 Å². The zero-order chi connectivity index (χ0) is 22.7. The fourth-order valence-electron chi connectivity index (χ4n) is 3.32. The molecule has 0 unspecified atom stereocenters. The minimum absolute atomic E-state index is 0.00966. The lowest BCUT2D eigenvalue weighted by atomic mass is 10.1. The van der Waals surface area contributed by atoms with E-state index in [0.717, 1.165) is 17.5 Å². The third-order valence-electron chi connectivity index (χ3n) is 4.88. The minimum Gasteiger partial charge on any atom is -0.394 e. The summed E-state index contributed by atoms with van der Waals surface area (Å²) in [7, 11) is 0. The molecule has 0 saturated heterocycles. The highest BCUT2D eigenvalue weighted by atomic mass is 35.5. The molecule has 0 radical (unpaired) electrons. The molecular weight excluding hydrogens is 433 g/mol. The Labute approximate surface area is 188 Å². The molecule has 1 atom stereocenters. The molecule has 0 spiro atoms. The van der Waals surface area contributed by atoms with Crippen LogP contribution in [-0.4, -0.2) is 31.2 Å². The molecule has 0 fully saturated rings. The number of aliphatic hydroxyl groups is 1. The first kappa shape index (κ1) is 21.6. The number of pyridine rings is 2. The van der Waals surface area contributed by atoms with Gasteiger partial charge in [-0.1, -0.05) is 23.7 Å².